The summed E-state index contributed by atoms with van der Waals surface area (Å²) in [7, 11) is 0. The maximum atomic E-state index is 12.1. The van der Waals surface area contributed by atoms with E-state index in [2.05, 4.69) is 10.6 Å². The molecular weight excluding hydrogens is 270 g/mol. The molecule has 0 aromatic heterocycles. The summed E-state index contributed by atoms with van der Waals surface area (Å²) in [6.07, 6.45) is 7.93. The van der Waals surface area contributed by atoms with Gasteiger partial charge in [0.2, 0.25) is 5.91 Å². The van der Waals surface area contributed by atoms with E-state index >= 15 is 0 Å². The van der Waals surface area contributed by atoms with Gasteiger partial charge in [-0.05, 0) is 26.7 Å². The van der Waals surface area contributed by atoms with Gasteiger partial charge in [-0.2, -0.15) is 0 Å². The first-order chi connectivity index (χ1) is 9.90. The van der Waals surface area contributed by atoms with Gasteiger partial charge in [0.25, 0.3) is 5.91 Å². The number of rotatable bonds is 3. The van der Waals surface area contributed by atoms with Crippen LogP contribution in [0.15, 0.2) is 0 Å². The molecule has 0 unspecified atom stereocenters. The second-order valence-electron chi connectivity index (χ2n) is 6.56. The van der Waals surface area contributed by atoms with Crippen LogP contribution in [-0.2, 0) is 9.59 Å². The molecule has 1 saturated carbocycles. The van der Waals surface area contributed by atoms with Gasteiger partial charge in [-0.1, -0.05) is 32.1 Å². The molecule has 1 heterocycles. The predicted molar refractivity (Wildman–Crippen MR) is 78.6 cm³/mol. The molecule has 0 atom stereocenters. The molecule has 4 amide bonds. The van der Waals surface area contributed by atoms with Crippen LogP contribution in [0.3, 0.4) is 0 Å². The van der Waals surface area contributed by atoms with Crippen molar-refractivity contribution in [2.75, 3.05) is 6.54 Å². The van der Waals surface area contributed by atoms with E-state index in [1.165, 1.54) is 19.3 Å². The van der Waals surface area contributed by atoms with Gasteiger partial charge in [-0.3, -0.25) is 14.5 Å². The fraction of sp³-hybridized carbons (Fsp3) is 0.800. The monoisotopic (exact) mass is 295 g/mol. The van der Waals surface area contributed by atoms with Crippen molar-refractivity contribution in [2.45, 2.75) is 70.4 Å². The van der Waals surface area contributed by atoms with Gasteiger partial charge in [0.1, 0.15) is 12.1 Å². The molecule has 2 aliphatic rings. The minimum atomic E-state index is -0.919. The third kappa shape index (κ3) is 3.95. The van der Waals surface area contributed by atoms with Gasteiger partial charge in [0.15, 0.2) is 0 Å². The number of urea groups is 1. The van der Waals surface area contributed by atoms with Crippen LogP contribution in [0.2, 0.25) is 0 Å². The number of carbonyl (C=O) groups is 3. The maximum absolute atomic E-state index is 12.1. The molecule has 0 bridgehead atoms. The largest absolute Gasteiger partial charge is 0.352 e. The molecule has 2 fully saturated rings. The Morgan fingerprint density at radius 3 is 2.29 bits per heavy atom. The van der Waals surface area contributed by atoms with Crippen molar-refractivity contribution < 1.29 is 14.4 Å². The summed E-state index contributed by atoms with van der Waals surface area (Å²) in [5.41, 5.74) is -0.919. The highest BCUT2D eigenvalue weighted by Gasteiger charge is 2.44. The van der Waals surface area contributed by atoms with E-state index in [4.69, 9.17) is 0 Å². The van der Waals surface area contributed by atoms with Crippen LogP contribution in [-0.4, -0.2) is 40.9 Å². The molecule has 0 aromatic carbocycles. The first-order valence-corrected chi connectivity index (χ1v) is 7.83. The van der Waals surface area contributed by atoms with E-state index in [9.17, 15) is 14.4 Å². The van der Waals surface area contributed by atoms with Crippen LogP contribution < -0.4 is 10.6 Å². The van der Waals surface area contributed by atoms with E-state index in [1.54, 1.807) is 13.8 Å². The molecule has 1 saturated heterocycles. The Labute approximate surface area is 125 Å². The highest BCUT2D eigenvalue weighted by Crippen LogP contribution is 2.18. The second-order valence-corrected chi connectivity index (χ2v) is 6.56. The number of imide groups is 1. The Balaban J connectivity index is 1.86. The number of hydrogen-bond donors (Lipinski definition) is 2. The summed E-state index contributed by atoms with van der Waals surface area (Å²) >= 11 is 0. The van der Waals surface area contributed by atoms with Crippen molar-refractivity contribution >= 4 is 17.8 Å². The molecule has 0 spiro atoms. The molecule has 2 N–H and O–H groups in total. The molecule has 6 heteroatoms. The molecule has 2 rings (SSSR count). The fourth-order valence-electron chi connectivity index (χ4n) is 2.98. The van der Waals surface area contributed by atoms with E-state index in [1.807, 2.05) is 0 Å². The zero-order valence-corrected chi connectivity index (χ0v) is 12.9. The fourth-order valence-corrected chi connectivity index (χ4v) is 2.98. The topological polar surface area (TPSA) is 78.5 Å². The van der Waals surface area contributed by atoms with E-state index < -0.39 is 11.6 Å². The lowest BCUT2D eigenvalue weighted by Gasteiger charge is -2.22. The zero-order chi connectivity index (χ0) is 15.5. The van der Waals surface area contributed by atoms with Gasteiger partial charge in [0.05, 0.1) is 0 Å². The average molecular weight is 295 g/mol. The molecule has 0 aromatic rings. The summed E-state index contributed by atoms with van der Waals surface area (Å²) in [5.74, 6) is -0.595. The van der Waals surface area contributed by atoms with Crippen molar-refractivity contribution in [3.8, 4) is 0 Å². The summed E-state index contributed by atoms with van der Waals surface area (Å²) in [4.78, 5) is 36.9. The molecular formula is C15H25N3O3. The third-order valence-corrected chi connectivity index (χ3v) is 4.22. The van der Waals surface area contributed by atoms with Crippen molar-refractivity contribution in [3.05, 3.63) is 0 Å². The third-order valence-electron chi connectivity index (χ3n) is 4.22. The number of hydrogen-bond acceptors (Lipinski definition) is 3. The summed E-state index contributed by atoms with van der Waals surface area (Å²) < 4.78 is 0. The van der Waals surface area contributed by atoms with Gasteiger partial charge in [-0.15, -0.1) is 0 Å². The lowest BCUT2D eigenvalue weighted by molar-refractivity contribution is -0.134. The minimum absolute atomic E-state index is 0.173. The molecule has 1 aliphatic heterocycles. The molecule has 6 nitrogen and oxygen atoms in total. The first-order valence-electron chi connectivity index (χ1n) is 7.83. The zero-order valence-electron chi connectivity index (χ0n) is 12.9. The Morgan fingerprint density at radius 1 is 1.19 bits per heavy atom. The van der Waals surface area contributed by atoms with Gasteiger partial charge >= 0.3 is 6.03 Å². The van der Waals surface area contributed by atoms with Crippen LogP contribution in [0.25, 0.3) is 0 Å². The smallest absolute Gasteiger partial charge is 0.325 e. The Bertz CT molecular complexity index is 426. The maximum Gasteiger partial charge on any atom is 0.325 e. The molecule has 1 aliphatic carbocycles. The van der Waals surface area contributed by atoms with Crippen LogP contribution in [0.4, 0.5) is 4.79 Å². The summed E-state index contributed by atoms with van der Waals surface area (Å²) in [6, 6.07) is -0.315. The van der Waals surface area contributed by atoms with E-state index in [0.29, 0.717) is 0 Å². The predicted octanol–water partition coefficient (Wildman–Crippen LogP) is 1.55. The first kappa shape index (κ1) is 15.8. The number of nitrogens with zero attached hydrogens (tertiary/aromatic N) is 1. The van der Waals surface area contributed by atoms with Crippen molar-refractivity contribution in [3.63, 3.8) is 0 Å². The minimum Gasteiger partial charge on any atom is -0.352 e. The van der Waals surface area contributed by atoms with Crippen LogP contribution in [0.1, 0.15) is 58.8 Å². The average Bonchev–Trinajstić information content (AvgIpc) is 2.55. The van der Waals surface area contributed by atoms with Crippen LogP contribution in [0.5, 0.6) is 0 Å². The van der Waals surface area contributed by atoms with Crippen molar-refractivity contribution in [2.24, 2.45) is 0 Å². The highest BCUT2D eigenvalue weighted by atomic mass is 16.2. The SMILES string of the molecule is CC1(C)NC(=O)N(CC(=O)NC2CCCCCCC2)C1=O. The van der Waals surface area contributed by atoms with Crippen molar-refractivity contribution in [1.82, 2.24) is 15.5 Å². The summed E-state index contributed by atoms with van der Waals surface area (Å²) in [6.45, 7) is 3.09. The normalized spacial score (nSPS) is 23.4. The molecule has 21 heavy (non-hydrogen) atoms. The molecule has 0 radical (unpaired) electrons. The Morgan fingerprint density at radius 2 is 1.76 bits per heavy atom. The second kappa shape index (κ2) is 6.45. The standard InChI is InChI=1S/C15H25N3O3/c1-15(2)13(20)18(14(21)17-15)10-12(19)16-11-8-6-4-3-5-7-9-11/h11H,3-10H2,1-2H3,(H,16,19)(H,17,21). The van der Waals surface area contributed by atoms with E-state index in [0.717, 1.165) is 30.6 Å². The highest BCUT2D eigenvalue weighted by molar-refractivity contribution is 6.08. The van der Waals surface area contributed by atoms with Crippen LogP contribution in [0, 0.1) is 0 Å². The van der Waals surface area contributed by atoms with Gasteiger partial charge in [-0.25, -0.2) is 4.79 Å². The Hall–Kier alpha value is -1.59. The Kier molecular flexibility index (Phi) is 4.85. The lowest BCUT2D eigenvalue weighted by Crippen LogP contribution is -2.45. The van der Waals surface area contributed by atoms with Crippen molar-refractivity contribution in [1.29, 1.82) is 0 Å². The summed E-state index contributed by atoms with van der Waals surface area (Å²) in [5, 5.41) is 5.55. The van der Waals surface area contributed by atoms with E-state index in [-0.39, 0.29) is 24.4 Å². The number of amides is 4. The number of carbonyl (C=O) groups excluding carboxylic acids is 3. The quantitative estimate of drug-likeness (QED) is 0.775. The lowest BCUT2D eigenvalue weighted by atomic mass is 9.97. The van der Waals surface area contributed by atoms with Gasteiger partial charge < -0.3 is 10.6 Å². The molecule has 118 valence electrons. The van der Waals surface area contributed by atoms with Crippen LogP contribution >= 0.6 is 0 Å². The van der Waals surface area contributed by atoms with Gasteiger partial charge in [0, 0.05) is 6.04 Å². The number of nitrogens with one attached hydrogen (secondary N) is 2.